The summed E-state index contributed by atoms with van der Waals surface area (Å²) in [6.45, 7) is 1.61. The normalized spacial score (nSPS) is 20.3. The molecular weight excluding hydrogens is 192 g/mol. The summed E-state index contributed by atoms with van der Waals surface area (Å²) in [7, 11) is 2.03. The molecule has 3 N–H and O–H groups in total. The first-order chi connectivity index (χ1) is 7.31. The summed E-state index contributed by atoms with van der Waals surface area (Å²) in [5.74, 6) is 6.91. The zero-order chi connectivity index (χ0) is 10.7. The Bertz CT molecular complexity index is 325. The zero-order valence-electron chi connectivity index (χ0n) is 8.81. The third kappa shape index (κ3) is 2.19. The topological polar surface area (TPSA) is 63.4 Å². The number of nitrogen functional groups attached to an aromatic ring is 1. The van der Waals surface area contributed by atoms with Crippen molar-refractivity contribution in [1.82, 2.24) is 4.98 Å². The second-order valence-corrected chi connectivity index (χ2v) is 3.65. The van der Waals surface area contributed by atoms with Gasteiger partial charge in [0.2, 0.25) is 0 Å². The molecule has 1 saturated heterocycles. The van der Waals surface area contributed by atoms with E-state index in [1.165, 1.54) is 0 Å². The summed E-state index contributed by atoms with van der Waals surface area (Å²) in [6, 6.07) is 6.16. The molecule has 2 rings (SSSR count). The van der Waals surface area contributed by atoms with Gasteiger partial charge in [-0.05, 0) is 18.6 Å². The molecule has 1 aliphatic rings. The molecule has 1 aromatic heterocycles. The highest BCUT2D eigenvalue weighted by atomic mass is 16.5. The standard InChI is InChI=1S/C10H16N4O/c1-14(8-5-6-15-7-8)10-4-2-3-9(12-10)13-11/h2-4,8H,5-7,11H2,1H3,(H,12,13). The van der Waals surface area contributed by atoms with Crippen molar-refractivity contribution in [3.05, 3.63) is 18.2 Å². The van der Waals surface area contributed by atoms with E-state index in [1.807, 2.05) is 25.2 Å². The lowest BCUT2D eigenvalue weighted by molar-refractivity contribution is 0.193. The molecule has 0 radical (unpaired) electrons. The second kappa shape index (κ2) is 4.46. The van der Waals surface area contributed by atoms with Crippen molar-refractivity contribution in [2.75, 3.05) is 30.6 Å². The van der Waals surface area contributed by atoms with Crippen LogP contribution in [0.15, 0.2) is 18.2 Å². The van der Waals surface area contributed by atoms with E-state index in [2.05, 4.69) is 15.3 Å². The molecule has 1 unspecified atom stereocenters. The van der Waals surface area contributed by atoms with E-state index in [0.29, 0.717) is 11.9 Å². The Hall–Kier alpha value is -1.33. The Balaban J connectivity index is 2.13. The fourth-order valence-corrected chi connectivity index (χ4v) is 1.71. The van der Waals surface area contributed by atoms with Gasteiger partial charge in [0.15, 0.2) is 0 Å². The van der Waals surface area contributed by atoms with E-state index >= 15 is 0 Å². The van der Waals surface area contributed by atoms with Gasteiger partial charge in [-0.3, -0.25) is 0 Å². The van der Waals surface area contributed by atoms with Gasteiger partial charge in [-0.2, -0.15) is 0 Å². The first kappa shape index (κ1) is 10.2. The highest BCUT2D eigenvalue weighted by Crippen LogP contribution is 2.19. The number of nitrogens with two attached hydrogens (primary N) is 1. The number of rotatable bonds is 3. The summed E-state index contributed by atoms with van der Waals surface area (Å²) >= 11 is 0. The van der Waals surface area contributed by atoms with Crippen molar-refractivity contribution in [3.8, 4) is 0 Å². The van der Waals surface area contributed by atoms with Gasteiger partial charge in [0.05, 0.1) is 12.6 Å². The Morgan fingerprint density at radius 3 is 3.13 bits per heavy atom. The van der Waals surface area contributed by atoms with Crippen molar-refractivity contribution in [2.24, 2.45) is 5.84 Å². The van der Waals surface area contributed by atoms with Crippen molar-refractivity contribution in [2.45, 2.75) is 12.5 Å². The van der Waals surface area contributed by atoms with E-state index in [0.717, 1.165) is 25.5 Å². The lowest BCUT2D eigenvalue weighted by atomic mass is 10.2. The van der Waals surface area contributed by atoms with Gasteiger partial charge in [0, 0.05) is 13.7 Å². The molecule has 0 saturated carbocycles. The first-order valence-corrected chi connectivity index (χ1v) is 5.05. The Morgan fingerprint density at radius 2 is 2.47 bits per heavy atom. The summed E-state index contributed by atoms with van der Waals surface area (Å²) in [5, 5.41) is 0. The minimum atomic E-state index is 0.422. The monoisotopic (exact) mass is 208 g/mol. The van der Waals surface area contributed by atoms with Crippen LogP contribution < -0.4 is 16.2 Å². The largest absolute Gasteiger partial charge is 0.379 e. The Kier molecular flexibility index (Phi) is 3.03. The summed E-state index contributed by atoms with van der Waals surface area (Å²) in [6.07, 6.45) is 1.05. The molecule has 82 valence electrons. The predicted octanol–water partition coefficient (Wildman–Crippen LogP) is 0.592. The smallest absolute Gasteiger partial charge is 0.142 e. The van der Waals surface area contributed by atoms with Crippen LogP contribution in [0.25, 0.3) is 0 Å². The third-order valence-corrected chi connectivity index (χ3v) is 2.70. The molecule has 1 atom stereocenters. The molecule has 1 aliphatic heterocycles. The number of ether oxygens (including phenoxy) is 1. The minimum absolute atomic E-state index is 0.422. The van der Waals surface area contributed by atoms with Gasteiger partial charge in [-0.25, -0.2) is 10.8 Å². The maximum Gasteiger partial charge on any atom is 0.142 e. The number of nitrogens with one attached hydrogen (secondary N) is 1. The molecule has 0 amide bonds. The molecule has 0 bridgehead atoms. The molecular formula is C10H16N4O. The fourth-order valence-electron chi connectivity index (χ4n) is 1.71. The summed E-state index contributed by atoms with van der Waals surface area (Å²) in [5.41, 5.74) is 2.54. The summed E-state index contributed by atoms with van der Waals surface area (Å²) in [4.78, 5) is 6.50. The van der Waals surface area contributed by atoms with Gasteiger partial charge in [-0.1, -0.05) is 6.07 Å². The number of hydrazine groups is 1. The second-order valence-electron chi connectivity index (χ2n) is 3.65. The van der Waals surface area contributed by atoms with Crippen LogP contribution in [0.4, 0.5) is 11.6 Å². The Labute approximate surface area is 89.2 Å². The molecule has 1 fully saturated rings. The van der Waals surface area contributed by atoms with Crippen molar-refractivity contribution >= 4 is 11.6 Å². The van der Waals surface area contributed by atoms with E-state index in [-0.39, 0.29) is 0 Å². The number of pyridine rings is 1. The molecule has 15 heavy (non-hydrogen) atoms. The van der Waals surface area contributed by atoms with Crippen LogP contribution in [-0.4, -0.2) is 31.3 Å². The zero-order valence-corrected chi connectivity index (χ0v) is 8.81. The SMILES string of the molecule is CN(c1cccc(NN)n1)C1CCOC1. The maximum atomic E-state index is 5.35. The number of hydrogen-bond acceptors (Lipinski definition) is 5. The van der Waals surface area contributed by atoms with Crippen molar-refractivity contribution in [3.63, 3.8) is 0 Å². The van der Waals surface area contributed by atoms with E-state index in [9.17, 15) is 0 Å². The van der Waals surface area contributed by atoms with E-state index in [4.69, 9.17) is 10.6 Å². The first-order valence-electron chi connectivity index (χ1n) is 5.05. The third-order valence-electron chi connectivity index (χ3n) is 2.70. The molecule has 0 aliphatic carbocycles. The maximum absolute atomic E-state index is 5.35. The highest BCUT2D eigenvalue weighted by molar-refractivity contribution is 5.46. The average Bonchev–Trinajstić information content (AvgIpc) is 2.81. The number of aromatic nitrogens is 1. The van der Waals surface area contributed by atoms with Crippen LogP contribution in [0.5, 0.6) is 0 Å². The van der Waals surface area contributed by atoms with Crippen LogP contribution in [0.3, 0.4) is 0 Å². The van der Waals surface area contributed by atoms with Crippen molar-refractivity contribution in [1.29, 1.82) is 0 Å². The van der Waals surface area contributed by atoms with Crippen LogP contribution in [0, 0.1) is 0 Å². The van der Waals surface area contributed by atoms with Crippen LogP contribution >= 0.6 is 0 Å². The average molecular weight is 208 g/mol. The lowest BCUT2D eigenvalue weighted by Gasteiger charge is -2.24. The van der Waals surface area contributed by atoms with Gasteiger partial charge in [0.1, 0.15) is 11.6 Å². The predicted molar refractivity (Wildman–Crippen MR) is 59.7 cm³/mol. The fraction of sp³-hybridized carbons (Fsp3) is 0.500. The quantitative estimate of drug-likeness (QED) is 0.562. The number of likely N-dealkylation sites (N-methyl/N-ethyl adjacent to an activating group) is 1. The molecule has 2 heterocycles. The van der Waals surface area contributed by atoms with Gasteiger partial charge in [-0.15, -0.1) is 0 Å². The minimum Gasteiger partial charge on any atom is -0.379 e. The number of nitrogens with zero attached hydrogens (tertiary/aromatic N) is 2. The van der Waals surface area contributed by atoms with E-state index in [1.54, 1.807) is 0 Å². The molecule has 5 heteroatoms. The Morgan fingerprint density at radius 1 is 1.60 bits per heavy atom. The molecule has 0 aromatic carbocycles. The number of anilines is 2. The molecule has 5 nitrogen and oxygen atoms in total. The summed E-state index contributed by atoms with van der Waals surface area (Å²) < 4.78 is 5.35. The van der Waals surface area contributed by atoms with Crippen LogP contribution in [0.1, 0.15) is 6.42 Å². The van der Waals surface area contributed by atoms with Crippen LogP contribution in [-0.2, 0) is 4.74 Å². The molecule has 0 spiro atoms. The highest BCUT2D eigenvalue weighted by Gasteiger charge is 2.21. The van der Waals surface area contributed by atoms with Gasteiger partial charge < -0.3 is 15.1 Å². The number of hydrogen-bond donors (Lipinski definition) is 2. The van der Waals surface area contributed by atoms with E-state index < -0.39 is 0 Å². The lowest BCUT2D eigenvalue weighted by Crippen LogP contribution is -2.32. The van der Waals surface area contributed by atoms with Gasteiger partial charge >= 0.3 is 0 Å². The molecule has 1 aromatic rings. The van der Waals surface area contributed by atoms with Crippen LogP contribution in [0.2, 0.25) is 0 Å². The van der Waals surface area contributed by atoms with Gasteiger partial charge in [0.25, 0.3) is 0 Å². The van der Waals surface area contributed by atoms with Crippen molar-refractivity contribution < 1.29 is 4.74 Å².